The Balaban J connectivity index is 1.60. The van der Waals surface area contributed by atoms with Crippen LogP contribution in [0.5, 0.6) is 0 Å². The van der Waals surface area contributed by atoms with Crippen LogP contribution in [-0.2, 0) is 0 Å². The number of rotatable bonds is 2. The third-order valence-corrected chi connectivity index (χ3v) is 6.05. The summed E-state index contributed by atoms with van der Waals surface area (Å²) in [5.41, 5.74) is 3.85. The second kappa shape index (κ2) is 7.29. The second-order valence-corrected chi connectivity index (χ2v) is 7.94. The number of hydrogen-bond donors (Lipinski definition) is 0. The summed E-state index contributed by atoms with van der Waals surface area (Å²) >= 11 is 0. The third kappa shape index (κ3) is 2.98. The van der Waals surface area contributed by atoms with Crippen molar-refractivity contribution in [2.75, 3.05) is 0 Å². The largest absolute Gasteiger partial charge is 0.456 e. The van der Waals surface area contributed by atoms with E-state index in [4.69, 9.17) is 9.68 Å². The van der Waals surface area contributed by atoms with Gasteiger partial charge in [0.1, 0.15) is 22.8 Å². The van der Waals surface area contributed by atoms with Crippen molar-refractivity contribution in [1.82, 2.24) is 0 Å². The zero-order chi connectivity index (χ0) is 22.5. The molecule has 1 aromatic heterocycles. The van der Waals surface area contributed by atoms with E-state index in [0.717, 1.165) is 56.0 Å². The van der Waals surface area contributed by atoms with E-state index in [1.54, 1.807) is 12.1 Å². The van der Waals surface area contributed by atoms with Crippen LogP contribution in [0.15, 0.2) is 95.4 Å². The van der Waals surface area contributed by atoms with Crippen molar-refractivity contribution in [3.8, 4) is 28.3 Å². The van der Waals surface area contributed by atoms with Crippen LogP contribution in [0, 0.1) is 23.0 Å². The molecule has 1 heterocycles. The highest BCUT2D eigenvalue weighted by Crippen LogP contribution is 2.39. The summed E-state index contributed by atoms with van der Waals surface area (Å²) < 4.78 is 35.6. The number of nitrogens with zero attached hydrogens (tertiary/aromatic N) is 1. The Bertz CT molecular complexity index is 1730. The third-order valence-electron chi connectivity index (χ3n) is 6.05. The summed E-state index contributed by atoms with van der Waals surface area (Å²) in [6.45, 7) is 0. The van der Waals surface area contributed by atoms with Crippen LogP contribution in [0.25, 0.3) is 55.0 Å². The molecule has 6 aromatic rings. The fourth-order valence-electron chi connectivity index (χ4n) is 4.56. The van der Waals surface area contributed by atoms with Gasteiger partial charge < -0.3 is 4.42 Å². The van der Waals surface area contributed by atoms with E-state index < -0.39 is 11.6 Å². The van der Waals surface area contributed by atoms with Crippen molar-refractivity contribution in [3.05, 3.63) is 108 Å². The van der Waals surface area contributed by atoms with Gasteiger partial charge in [-0.1, -0.05) is 60.7 Å². The van der Waals surface area contributed by atoms with E-state index in [1.165, 1.54) is 0 Å². The van der Waals surface area contributed by atoms with Gasteiger partial charge in [0.2, 0.25) is 0 Å². The molecule has 33 heavy (non-hydrogen) atoms. The fourth-order valence-corrected chi connectivity index (χ4v) is 4.56. The minimum absolute atomic E-state index is 0.0460. The van der Waals surface area contributed by atoms with Crippen LogP contribution >= 0.6 is 0 Å². The second-order valence-electron chi connectivity index (χ2n) is 7.94. The molecule has 0 bridgehead atoms. The molecule has 0 spiro atoms. The van der Waals surface area contributed by atoms with Crippen LogP contribution in [-0.4, -0.2) is 0 Å². The Morgan fingerprint density at radius 1 is 0.606 bits per heavy atom. The summed E-state index contributed by atoms with van der Waals surface area (Å²) in [5.74, 6) is -1.51. The van der Waals surface area contributed by atoms with Gasteiger partial charge >= 0.3 is 0 Å². The molecule has 0 saturated carbocycles. The molecule has 0 aliphatic carbocycles. The maximum atomic E-state index is 14.8. The summed E-state index contributed by atoms with van der Waals surface area (Å²) in [5, 5.41) is 12.7. The van der Waals surface area contributed by atoms with Crippen molar-refractivity contribution < 1.29 is 13.2 Å². The average molecular weight is 431 g/mol. The number of para-hydroxylation sites is 1. The highest BCUT2D eigenvalue weighted by molar-refractivity contribution is 6.09. The first kappa shape index (κ1) is 19.2. The summed E-state index contributed by atoms with van der Waals surface area (Å²) in [6, 6.07) is 29.1. The Labute approximate surface area is 187 Å². The molecule has 2 nitrogen and oxygen atoms in total. The fraction of sp³-hybridized carbons (Fsp3) is 0. The normalized spacial score (nSPS) is 11.3. The lowest BCUT2D eigenvalue weighted by Crippen LogP contribution is -1.94. The van der Waals surface area contributed by atoms with Gasteiger partial charge in [-0.25, -0.2) is 8.78 Å². The molecule has 0 aliphatic heterocycles. The highest BCUT2D eigenvalue weighted by atomic mass is 19.1. The number of nitriles is 1. The lowest BCUT2D eigenvalue weighted by atomic mass is 9.91. The van der Waals surface area contributed by atoms with Crippen molar-refractivity contribution in [2.24, 2.45) is 0 Å². The van der Waals surface area contributed by atoms with Crippen LogP contribution in [0.3, 0.4) is 0 Å². The Morgan fingerprint density at radius 3 is 1.94 bits per heavy atom. The number of hydrogen-bond acceptors (Lipinski definition) is 2. The molecule has 156 valence electrons. The number of furan rings is 1. The van der Waals surface area contributed by atoms with Gasteiger partial charge in [0, 0.05) is 10.8 Å². The van der Waals surface area contributed by atoms with Crippen molar-refractivity contribution in [1.29, 1.82) is 5.26 Å². The SMILES string of the molecule is N#Cc1cc(F)c(-c2ccc(-c3ccc4oc5ccccc5c4c3)c3ccccc23)c(F)c1. The molecule has 0 amide bonds. The predicted octanol–water partition coefficient (Wildman–Crippen LogP) is 8.22. The Hall–Kier alpha value is -4.49. The molecule has 0 atom stereocenters. The molecule has 0 radical (unpaired) electrons. The van der Waals surface area contributed by atoms with Crippen LogP contribution in [0.2, 0.25) is 0 Å². The molecule has 0 fully saturated rings. The average Bonchev–Trinajstić information content (AvgIpc) is 3.21. The maximum absolute atomic E-state index is 14.8. The number of fused-ring (bicyclic) bond motifs is 4. The molecule has 6 rings (SSSR count). The molecule has 0 N–H and O–H groups in total. The van der Waals surface area contributed by atoms with Crippen LogP contribution < -0.4 is 0 Å². The zero-order valence-corrected chi connectivity index (χ0v) is 17.3. The Morgan fingerprint density at radius 2 is 1.21 bits per heavy atom. The van der Waals surface area contributed by atoms with Crippen molar-refractivity contribution in [2.45, 2.75) is 0 Å². The quantitative estimate of drug-likeness (QED) is 0.277. The van der Waals surface area contributed by atoms with Crippen LogP contribution in [0.4, 0.5) is 8.78 Å². The molecular formula is C29H15F2NO. The first-order valence-corrected chi connectivity index (χ1v) is 10.5. The summed E-state index contributed by atoms with van der Waals surface area (Å²) in [4.78, 5) is 0. The number of benzene rings is 5. The van der Waals surface area contributed by atoms with Gasteiger partial charge in [0.15, 0.2) is 0 Å². The van der Waals surface area contributed by atoms with Crippen molar-refractivity contribution in [3.63, 3.8) is 0 Å². The van der Waals surface area contributed by atoms with Crippen LogP contribution in [0.1, 0.15) is 5.56 Å². The first-order valence-electron chi connectivity index (χ1n) is 10.5. The molecule has 4 heteroatoms. The van der Waals surface area contributed by atoms with Crippen molar-refractivity contribution >= 4 is 32.7 Å². The van der Waals surface area contributed by atoms with Gasteiger partial charge in [-0.3, -0.25) is 0 Å². The Kier molecular flexibility index (Phi) is 4.24. The molecule has 0 saturated heterocycles. The van der Waals surface area contributed by atoms with E-state index in [1.807, 2.05) is 66.7 Å². The van der Waals surface area contributed by atoms with E-state index in [2.05, 4.69) is 6.07 Å². The van der Waals surface area contributed by atoms with Gasteiger partial charge in [0.05, 0.1) is 17.2 Å². The van der Waals surface area contributed by atoms with E-state index in [9.17, 15) is 8.78 Å². The summed E-state index contributed by atoms with van der Waals surface area (Å²) in [7, 11) is 0. The standard InChI is InChI=1S/C29H15F2NO/c30-25-13-17(16-32)14-26(31)29(25)23-11-10-19(20-5-1-2-6-21(20)23)18-9-12-28-24(15-18)22-7-3-4-8-27(22)33-28/h1-15H. The monoisotopic (exact) mass is 431 g/mol. The minimum Gasteiger partial charge on any atom is -0.456 e. The lowest BCUT2D eigenvalue weighted by molar-refractivity contribution is 0.589. The summed E-state index contributed by atoms with van der Waals surface area (Å²) in [6.07, 6.45) is 0. The van der Waals surface area contributed by atoms with Gasteiger partial charge in [-0.15, -0.1) is 0 Å². The smallest absolute Gasteiger partial charge is 0.135 e. The first-order chi connectivity index (χ1) is 16.1. The minimum atomic E-state index is -0.754. The van der Waals surface area contributed by atoms with E-state index in [0.29, 0.717) is 5.56 Å². The predicted molar refractivity (Wildman–Crippen MR) is 127 cm³/mol. The maximum Gasteiger partial charge on any atom is 0.135 e. The zero-order valence-electron chi connectivity index (χ0n) is 17.3. The topological polar surface area (TPSA) is 36.9 Å². The molecule has 5 aromatic carbocycles. The lowest BCUT2D eigenvalue weighted by Gasteiger charge is -2.13. The molecule has 0 aliphatic rings. The molecule has 0 unspecified atom stereocenters. The van der Waals surface area contributed by atoms with Gasteiger partial charge in [0.25, 0.3) is 0 Å². The van der Waals surface area contributed by atoms with Gasteiger partial charge in [-0.2, -0.15) is 5.26 Å². The molecular weight excluding hydrogens is 416 g/mol. The number of halogens is 2. The van der Waals surface area contributed by atoms with Gasteiger partial charge in [-0.05, 0) is 57.8 Å². The van der Waals surface area contributed by atoms with E-state index in [-0.39, 0.29) is 11.1 Å². The highest BCUT2D eigenvalue weighted by Gasteiger charge is 2.18. The van der Waals surface area contributed by atoms with E-state index >= 15 is 0 Å².